The third kappa shape index (κ3) is 6.47. The van der Waals surface area contributed by atoms with Gasteiger partial charge in [0.25, 0.3) is 11.8 Å². The highest BCUT2D eigenvalue weighted by atomic mass is 32.2. The van der Waals surface area contributed by atoms with Crippen molar-refractivity contribution >= 4 is 51.9 Å². The zero-order valence-electron chi connectivity index (χ0n) is 22.3. The van der Waals surface area contributed by atoms with E-state index in [1.807, 2.05) is 48.5 Å². The van der Waals surface area contributed by atoms with Crippen LogP contribution in [-0.2, 0) is 14.3 Å². The molecule has 0 atom stereocenters. The second-order valence-electron chi connectivity index (χ2n) is 9.07. The molecule has 2 aliphatic rings. The first-order valence-electron chi connectivity index (χ1n) is 12.9. The number of morpholine rings is 1. The Bertz CT molecular complexity index is 1420. The van der Waals surface area contributed by atoms with E-state index in [1.165, 1.54) is 23.8 Å². The van der Waals surface area contributed by atoms with Gasteiger partial charge in [0.05, 0.1) is 30.9 Å². The third-order valence-electron chi connectivity index (χ3n) is 6.38. The highest BCUT2D eigenvalue weighted by Crippen LogP contribution is 2.38. The molecule has 0 saturated carbocycles. The number of aliphatic imine (C=N–C) groups is 1. The Hall–Kier alpha value is -4.28. The lowest BCUT2D eigenvalue weighted by Crippen LogP contribution is -2.36. The Balaban J connectivity index is 1.31. The van der Waals surface area contributed by atoms with Crippen LogP contribution in [-0.4, -0.2) is 68.9 Å². The lowest BCUT2D eigenvalue weighted by atomic mass is 10.1. The lowest BCUT2D eigenvalue weighted by Gasteiger charge is -2.28. The third-order valence-corrected chi connectivity index (χ3v) is 7.44. The number of hydrogen-bond acceptors (Lipinski definition) is 8. The van der Waals surface area contributed by atoms with Crippen molar-refractivity contribution in [1.82, 2.24) is 4.90 Å². The van der Waals surface area contributed by atoms with Crippen LogP contribution in [0.2, 0.25) is 0 Å². The second kappa shape index (κ2) is 12.7. The van der Waals surface area contributed by atoms with Crippen LogP contribution >= 0.6 is 11.8 Å². The summed E-state index contributed by atoms with van der Waals surface area (Å²) < 4.78 is 16.8. The number of hydrogen-bond donors (Lipinski definition) is 1. The van der Waals surface area contributed by atoms with Gasteiger partial charge in [0.15, 0.2) is 23.3 Å². The van der Waals surface area contributed by atoms with Crippen LogP contribution in [0, 0.1) is 0 Å². The molecule has 206 valence electrons. The smallest absolute Gasteiger partial charge is 0.266 e. The van der Waals surface area contributed by atoms with Crippen molar-refractivity contribution in [2.75, 3.05) is 57.3 Å². The first-order valence-corrected chi connectivity index (χ1v) is 13.7. The van der Waals surface area contributed by atoms with Gasteiger partial charge >= 0.3 is 0 Å². The molecule has 5 rings (SSSR count). The number of ether oxygens (including phenoxy) is 3. The van der Waals surface area contributed by atoms with Gasteiger partial charge in [0.2, 0.25) is 0 Å². The van der Waals surface area contributed by atoms with Crippen molar-refractivity contribution < 1.29 is 23.8 Å². The fraction of sp³-hybridized carbons (Fsp3) is 0.233. The lowest BCUT2D eigenvalue weighted by molar-refractivity contribution is -0.121. The number of carbonyl (C=O) groups excluding carboxylic acids is 2. The molecule has 0 unspecified atom stereocenters. The van der Waals surface area contributed by atoms with Gasteiger partial charge in [-0.05, 0) is 60.3 Å². The fourth-order valence-electron chi connectivity index (χ4n) is 4.28. The zero-order valence-corrected chi connectivity index (χ0v) is 23.1. The Labute approximate surface area is 237 Å². The molecule has 2 saturated heterocycles. The van der Waals surface area contributed by atoms with E-state index in [0.717, 1.165) is 37.7 Å². The first-order chi connectivity index (χ1) is 19.5. The van der Waals surface area contributed by atoms with Crippen LogP contribution in [0.25, 0.3) is 6.08 Å². The van der Waals surface area contributed by atoms with Crippen molar-refractivity contribution in [2.24, 2.45) is 4.99 Å². The van der Waals surface area contributed by atoms with Gasteiger partial charge in [0, 0.05) is 37.1 Å². The highest BCUT2D eigenvalue weighted by Gasteiger charge is 2.31. The molecule has 3 aromatic carbocycles. The fourth-order valence-corrected chi connectivity index (χ4v) is 5.26. The molecular formula is C30H30N4O5S. The van der Waals surface area contributed by atoms with E-state index in [2.05, 4.69) is 10.2 Å². The molecule has 2 fully saturated rings. The minimum Gasteiger partial charge on any atom is -0.493 e. The maximum absolute atomic E-state index is 13.1. The largest absolute Gasteiger partial charge is 0.493 e. The molecule has 0 aromatic heterocycles. The summed E-state index contributed by atoms with van der Waals surface area (Å²) in [6.07, 6.45) is 1.74. The summed E-state index contributed by atoms with van der Waals surface area (Å²) in [5.41, 5.74) is 3.18. The van der Waals surface area contributed by atoms with Gasteiger partial charge in [-0.3, -0.25) is 14.5 Å². The van der Waals surface area contributed by atoms with E-state index in [-0.39, 0.29) is 18.4 Å². The summed E-state index contributed by atoms with van der Waals surface area (Å²) in [7, 11) is 3.23. The molecule has 3 aromatic rings. The zero-order chi connectivity index (χ0) is 27.9. The number of anilines is 2. The number of nitrogens with one attached hydrogen (secondary N) is 1. The van der Waals surface area contributed by atoms with E-state index in [4.69, 9.17) is 19.2 Å². The topological polar surface area (TPSA) is 92.7 Å². The van der Waals surface area contributed by atoms with Crippen molar-refractivity contribution in [2.45, 2.75) is 0 Å². The Morgan fingerprint density at radius 2 is 1.80 bits per heavy atom. The molecule has 0 radical (unpaired) electrons. The molecule has 2 amide bonds. The molecule has 0 spiro atoms. The monoisotopic (exact) mass is 558 g/mol. The number of rotatable bonds is 8. The van der Waals surface area contributed by atoms with Gasteiger partial charge in [-0.2, -0.15) is 0 Å². The van der Waals surface area contributed by atoms with E-state index in [9.17, 15) is 9.59 Å². The van der Waals surface area contributed by atoms with Gasteiger partial charge in [-0.25, -0.2) is 4.99 Å². The van der Waals surface area contributed by atoms with Crippen molar-refractivity contribution in [3.05, 3.63) is 83.3 Å². The Morgan fingerprint density at radius 3 is 2.52 bits per heavy atom. The highest BCUT2D eigenvalue weighted by molar-refractivity contribution is 8.18. The SMILES string of the molecule is COc1cccc(/C=C2\SC(=Nc3ccc(N4CCOCC4)cc3)N(C)C2=O)c1OCC(=O)Nc1ccccc1. The predicted octanol–water partition coefficient (Wildman–Crippen LogP) is 4.78. The van der Waals surface area contributed by atoms with Crippen LogP contribution < -0.4 is 19.7 Å². The Kier molecular flexibility index (Phi) is 8.68. The Morgan fingerprint density at radius 1 is 1.05 bits per heavy atom. The summed E-state index contributed by atoms with van der Waals surface area (Å²) in [5.74, 6) is 0.348. The van der Waals surface area contributed by atoms with E-state index >= 15 is 0 Å². The molecule has 2 aliphatic heterocycles. The number of carbonyl (C=O) groups is 2. The minimum absolute atomic E-state index is 0.177. The van der Waals surface area contributed by atoms with Crippen LogP contribution in [0.15, 0.2) is 82.7 Å². The summed E-state index contributed by atoms with van der Waals surface area (Å²) in [4.78, 5) is 34.6. The summed E-state index contributed by atoms with van der Waals surface area (Å²) in [6, 6.07) is 22.5. The maximum atomic E-state index is 13.1. The summed E-state index contributed by atoms with van der Waals surface area (Å²) >= 11 is 1.28. The van der Waals surface area contributed by atoms with E-state index < -0.39 is 0 Å². The van der Waals surface area contributed by atoms with E-state index in [0.29, 0.717) is 32.8 Å². The first kappa shape index (κ1) is 27.3. The van der Waals surface area contributed by atoms with Gasteiger partial charge in [-0.15, -0.1) is 0 Å². The van der Waals surface area contributed by atoms with Crippen LogP contribution in [0.1, 0.15) is 5.56 Å². The number of benzene rings is 3. The molecule has 2 heterocycles. The van der Waals surface area contributed by atoms with Crippen molar-refractivity contribution in [1.29, 1.82) is 0 Å². The normalized spacial score (nSPS) is 17.4. The number of thioether (sulfide) groups is 1. The van der Waals surface area contributed by atoms with Gasteiger partial charge in [0.1, 0.15) is 0 Å². The number of para-hydroxylation sites is 2. The summed E-state index contributed by atoms with van der Waals surface area (Å²) in [6.45, 7) is 2.96. The number of amidine groups is 1. The van der Waals surface area contributed by atoms with Crippen LogP contribution in [0.3, 0.4) is 0 Å². The average molecular weight is 559 g/mol. The van der Waals surface area contributed by atoms with E-state index in [1.54, 1.807) is 37.4 Å². The van der Waals surface area contributed by atoms with Crippen molar-refractivity contribution in [3.63, 3.8) is 0 Å². The molecule has 0 aliphatic carbocycles. The average Bonchev–Trinajstić information content (AvgIpc) is 3.25. The van der Waals surface area contributed by atoms with Gasteiger partial charge < -0.3 is 24.4 Å². The number of nitrogens with zero attached hydrogens (tertiary/aromatic N) is 3. The standard InChI is InChI=1S/C30H30N4O5S/c1-33-29(36)26(40-30(33)32-23-11-13-24(14-12-23)34-15-17-38-18-16-34)19-21-7-6-10-25(37-2)28(21)39-20-27(35)31-22-8-4-3-5-9-22/h3-14,19H,15-18,20H2,1-2H3,(H,31,35)/b26-19-,32-30?. The van der Waals surface area contributed by atoms with Crippen LogP contribution in [0.5, 0.6) is 11.5 Å². The molecule has 40 heavy (non-hydrogen) atoms. The predicted molar refractivity (Wildman–Crippen MR) is 158 cm³/mol. The quantitative estimate of drug-likeness (QED) is 0.398. The molecule has 1 N–H and O–H groups in total. The number of amides is 2. The maximum Gasteiger partial charge on any atom is 0.266 e. The van der Waals surface area contributed by atoms with Gasteiger partial charge in [-0.1, -0.05) is 30.3 Å². The minimum atomic E-state index is -0.309. The van der Waals surface area contributed by atoms with Crippen LogP contribution in [0.4, 0.5) is 17.1 Å². The van der Waals surface area contributed by atoms with Crippen molar-refractivity contribution in [3.8, 4) is 11.5 Å². The molecule has 9 nitrogen and oxygen atoms in total. The second-order valence-corrected chi connectivity index (χ2v) is 10.1. The number of likely N-dealkylation sites (N-methyl/N-ethyl adjacent to an activating group) is 1. The molecular weight excluding hydrogens is 528 g/mol. The number of methoxy groups -OCH3 is 1. The molecule has 0 bridgehead atoms. The summed E-state index contributed by atoms with van der Waals surface area (Å²) in [5, 5.41) is 3.37. The molecule has 10 heteroatoms.